The molecule has 0 aromatic carbocycles. The van der Waals surface area contributed by atoms with Crippen LogP contribution in [0.5, 0.6) is 0 Å². The van der Waals surface area contributed by atoms with Crippen LogP contribution in [0.25, 0.3) is 0 Å². The number of carbonyl (C=O) groups excluding carboxylic acids is 1. The van der Waals surface area contributed by atoms with E-state index in [0.717, 1.165) is 25.7 Å². The minimum absolute atomic E-state index is 0.155. The summed E-state index contributed by atoms with van der Waals surface area (Å²) >= 11 is 0. The van der Waals surface area contributed by atoms with Crippen LogP contribution in [0, 0.1) is 5.41 Å². The van der Waals surface area contributed by atoms with Crippen molar-refractivity contribution in [3.63, 3.8) is 0 Å². The molecule has 1 saturated carbocycles. The quantitative estimate of drug-likeness (QED) is 0.843. The molecule has 0 spiro atoms. The van der Waals surface area contributed by atoms with Crippen LogP contribution in [0.1, 0.15) is 50.0 Å². The van der Waals surface area contributed by atoms with Crippen molar-refractivity contribution in [1.29, 1.82) is 0 Å². The number of carbonyl (C=O) groups is 1. The maximum absolute atomic E-state index is 12.0. The highest BCUT2D eigenvalue weighted by atomic mass is 16.1. The van der Waals surface area contributed by atoms with Gasteiger partial charge in [-0.1, -0.05) is 13.8 Å². The van der Waals surface area contributed by atoms with Crippen LogP contribution in [0.2, 0.25) is 0 Å². The molecule has 2 rings (SSSR count). The second-order valence-corrected chi connectivity index (χ2v) is 5.85. The maximum atomic E-state index is 12.0. The number of nitrogens with two attached hydrogens (primary N) is 1. The Kier molecular flexibility index (Phi) is 3.55. The molecule has 1 fully saturated rings. The van der Waals surface area contributed by atoms with E-state index in [1.54, 1.807) is 18.3 Å². The molecule has 1 aliphatic rings. The molecule has 4 heteroatoms. The molecule has 0 bridgehead atoms. The number of aromatic nitrogens is 1. The largest absolute Gasteiger partial charge is 0.397 e. The minimum Gasteiger partial charge on any atom is -0.397 e. The molecular formula is C14H21N3O. The lowest BCUT2D eigenvalue weighted by Crippen LogP contribution is -2.39. The van der Waals surface area contributed by atoms with E-state index >= 15 is 0 Å². The Hall–Kier alpha value is -1.58. The first kappa shape index (κ1) is 12.9. The van der Waals surface area contributed by atoms with Crippen molar-refractivity contribution >= 4 is 11.6 Å². The van der Waals surface area contributed by atoms with E-state index in [0.29, 0.717) is 16.8 Å². The monoisotopic (exact) mass is 247 g/mol. The number of rotatable bonds is 2. The SMILES string of the molecule is CC1(C)CCC(NC(=O)c2ncccc2N)CC1. The zero-order valence-corrected chi connectivity index (χ0v) is 11.1. The van der Waals surface area contributed by atoms with Gasteiger partial charge in [-0.3, -0.25) is 4.79 Å². The Balaban J connectivity index is 1.95. The fraction of sp³-hybridized carbons (Fsp3) is 0.571. The van der Waals surface area contributed by atoms with Crippen molar-refractivity contribution in [2.75, 3.05) is 5.73 Å². The summed E-state index contributed by atoms with van der Waals surface area (Å²) in [6.45, 7) is 4.56. The predicted octanol–water partition coefficient (Wildman–Crippen LogP) is 2.36. The van der Waals surface area contributed by atoms with Gasteiger partial charge in [-0.25, -0.2) is 4.98 Å². The first-order chi connectivity index (χ1) is 8.48. The summed E-state index contributed by atoms with van der Waals surface area (Å²) in [5.74, 6) is -0.155. The molecule has 1 amide bonds. The van der Waals surface area contributed by atoms with E-state index in [1.165, 1.54) is 0 Å². The molecule has 3 N–H and O–H groups in total. The lowest BCUT2D eigenvalue weighted by Gasteiger charge is -2.34. The number of hydrogen-bond donors (Lipinski definition) is 2. The molecule has 98 valence electrons. The van der Waals surface area contributed by atoms with Crippen LogP contribution in [0.4, 0.5) is 5.69 Å². The maximum Gasteiger partial charge on any atom is 0.272 e. The normalized spacial score (nSPS) is 19.4. The fourth-order valence-electron chi connectivity index (χ4n) is 2.40. The number of anilines is 1. The number of pyridine rings is 1. The number of nitrogen functional groups attached to an aromatic ring is 1. The van der Waals surface area contributed by atoms with E-state index in [2.05, 4.69) is 24.1 Å². The van der Waals surface area contributed by atoms with Gasteiger partial charge in [-0.15, -0.1) is 0 Å². The first-order valence-electron chi connectivity index (χ1n) is 6.49. The number of nitrogens with zero attached hydrogens (tertiary/aromatic N) is 1. The van der Waals surface area contributed by atoms with E-state index < -0.39 is 0 Å². The predicted molar refractivity (Wildman–Crippen MR) is 72.2 cm³/mol. The first-order valence-corrected chi connectivity index (χ1v) is 6.49. The molecule has 4 nitrogen and oxygen atoms in total. The Bertz CT molecular complexity index is 432. The third kappa shape index (κ3) is 3.00. The second kappa shape index (κ2) is 4.96. The Morgan fingerprint density at radius 2 is 2.11 bits per heavy atom. The van der Waals surface area contributed by atoms with E-state index in [1.807, 2.05) is 0 Å². The van der Waals surface area contributed by atoms with Gasteiger partial charge in [-0.2, -0.15) is 0 Å². The molecule has 0 radical (unpaired) electrons. The average molecular weight is 247 g/mol. The molecule has 0 unspecified atom stereocenters. The highest BCUT2D eigenvalue weighted by molar-refractivity contribution is 5.97. The molecule has 0 atom stereocenters. The summed E-state index contributed by atoms with van der Waals surface area (Å²) in [6, 6.07) is 3.69. The Morgan fingerprint density at radius 1 is 1.44 bits per heavy atom. The van der Waals surface area contributed by atoms with E-state index in [-0.39, 0.29) is 11.9 Å². The van der Waals surface area contributed by atoms with Crippen LogP contribution in [0.15, 0.2) is 18.3 Å². The van der Waals surface area contributed by atoms with Gasteiger partial charge in [0.15, 0.2) is 5.69 Å². The number of amides is 1. The molecule has 0 aliphatic heterocycles. The minimum atomic E-state index is -0.155. The molecule has 1 heterocycles. The highest BCUT2D eigenvalue weighted by Gasteiger charge is 2.28. The van der Waals surface area contributed by atoms with E-state index in [4.69, 9.17) is 5.73 Å². The van der Waals surface area contributed by atoms with Gasteiger partial charge in [0.2, 0.25) is 0 Å². The lowest BCUT2D eigenvalue weighted by atomic mass is 9.75. The zero-order chi connectivity index (χ0) is 13.2. The van der Waals surface area contributed by atoms with Gasteiger partial charge in [-0.05, 0) is 43.2 Å². The van der Waals surface area contributed by atoms with Crippen molar-refractivity contribution < 1.29 is 4.79 Å². The molecule has 1 aliphatic carbocycles. The average Bonchev–Trinajstić information content (AvgIpc) is 2.32. The third-order valence-corrected chi connectivity index (χ3v) is 3.73. The van der Waals surface area contributed by atoms with Gasteiger partial charge in [0, 0.05) is 12.2 Å². The highest BCUT2D eigenvalue weighted by Crippen LogP contribution is 2.35. The molecule has 0 saturated heterocycles. The van der Waals surface area contributed by atoms with Gasteiger partial charge in [0.1, 0.15) is 0 Å². The second-order valence-electron chi connectivity index (χ2n) is 5.85. The molecular weight excluding hydrogens is 226 g/mol. The Morgan fingerprint density at radius 3 is 2.72 bits per heavy atom. The van der Waals surface area contributed by atoms with Crippen molar-refractivity contribution in [1.82, 2.24) is 10.3 Å². The van der Waals surface area contributed by atoms with Gasteiger partial charge in [0.25, 0.3) is 5.91 Å². The summed E-state index contributed by atoms with van der Waals surface area (Å²) in [6.07, 6.45) is 5.96. The van der Waals surface area contributed by atoms with Crippen LogP contribution in [-0.2, 0) is 0 Å². The van der Waals surface area contributed by atoms with Gasteiger partial charge in [0.05, 0.1) is 5.69 Å². The standard InChI is InChI=1S/C14H21N3O/c1-14(2)7-5-10(6-8-14)17-13(18)12-11(15)4-3-9-16-12/h3-4,9-10H,5-8,15H2,1-2H3,(H,17,18). The van der Waals surface area contributed by atoms with Crippen LogP contribution >= 0.6 is 0 Å². The topological polar surface area (TPSA) is 68.0 Å². The van der Waals surface area contributed by atoms with E-state index in [9.17, 15) is 4.79 Å². The summed E-state index contributed by atoms with van der Waals surface area (Å²) in [4.78, 5) is 16.1. The molecule has 1 aromatic rings. The molecule has 1 aromatic heterocycles. The smallest absolute Gasteiger partial charge is 0.272 e. The summed E-state index contributed by atoms with van der Waals surface area (Å²) in [5, 5.41) is 3.03. The lowest BCUT2D eigenvalue weighted by molar-refractivity contribution is 0.0905. The Labute approximate surface area is 108 Å². The number of nitrogens with one attached hydrogen (secondary N) is 1. The summed E-state index contributed by atoms with van der Waals surface area (Å²) in [5.41, 5.74) is 6.93. The van der Waals surface area contributed by atoms with Gasteiger partial charge < -0.3 is 11.1 Å². The van der Waals surface area contributed by atoms with Crippen LogP contribution in [0.3, 0.4) is 0 Å². The van der Waals surface area contributed by atoms with Crippen molar-refractivity contribution in [3.8, 4) is 0 Å². The zero-order valence-electron chi connectivity index (χ0n) is 11.1. The van der Waals surface area contributed by atoms with Crippen LogP contribution in [-0.4, -0.2) is 16.9 Å². The molecule has 18 heavy (non-hydrogen) atoms. The van der Waals surface area contributed by atoms with Crippen molar-refractivity contribution in [3.05, 3.63) is 24.0 Å². The van der Waals surface area contributed by atoms with Gasteiger partial charge >= 0.3 is 0 Å². The number of hydrogen-bond acceptors (Lipinski definition) is 3. The van der Waals surface area contributed by atoms with Crippen molar-refractivity contribution in [2.45, 2.75) is 45.6 Å². The third-order valence-electron chi connectivity index (χ3n) is 3.73. The summed E-state index contributed by atoms with van der Waals surface area (Å²) < 4.78 is 0. The fourth-order valence-corrected chi connectivity index (χ4v) is 2.40. The van der Waals surface area contributed by atoms with Crippen molar-refractivity contribution in [2.24, 2.45) is 5.41 Å². The summed E-state index contributed by atoms with van der Waals surface area (Å²) in [7, 11) is 0. The van der Waals surface area contributed by atoms with Crippen LogP contribution < -0.4 is 11.1 Å².